The molecular formula is C24H16F3NO3. The van der Waals surface area contributed by atoms with E-state index in [-0.39, 0.29) is 17.2 Å². The molecule has 0 aliphatic rings. The van der Waals surface area contributed by atoms with Crippen molar-refractivity contribution in [1.82, 2.24) is 4.98 Å². The Morgan fingerprint density at radius 1 is 0.645 bits per heavy atom. The largest absolute Gasteiger partial charge is 0.573 e. The number of aromatic nitrogens is 1. The summed E-state index contributed by atoms with van der Waals surface area (Å²) in [7, 11) is 0. The number of phenolic OH excluding ortho intramolecular Hbond substituents is 2. The Balaban J connectivity index is 1.84. The van der Waals surface area contributed by atoms with Crippen molar-refractivity contribution in [2.45, 2.75) is 6.36 Å². The van der Waals surface area contributed by atoms with Crippen LogP contribution in [0.4, 0.5) is 13.2 Å². The molecule has 31 heavy (non-hydrogen) atoms. The maximum Gasteiger partial charge on any atom is 0.573 e. The van der Waals surface area contributed by atoms with Gasteiger partial charge in [-0.2, -0.15) is 0 Å². The molecule has 7 heteroatoms. The minimum atomic E-state index is -4.77. The molecule has 4 rings (SSSR count). The van der Waals surface area contributed by atoms with E-state index in [0.29, 0.717) is 33.6 Å². The number of nitrogens with zero attached hydrogens (tertiary/aromatic N) is 1. The number of benzene rings is 3. The first kappa shape index (κ1) is 20.3. The Morgan fingerprint density at radius 3 is 1.58 bits per heavy atom. The van der Waals surface area contributed by atoms with E-state index in [1.165, 1.54) is 36.4 Å². The third-order valence-corrected chi connectivity index (χ3v) is 4.61. The van der Waals surface area contributed by atoms with Gasteiger partial charge in [0.15, 0.2) is 0 Å². The van der Waals surface area contributed by atoms with Crippen LogP contribution in [0.2, 0.25) is 0 Å². The van der Waals surface area contributed by atoms with E-state index in [2.05, 4.69) is 9.72 Å². The second kappa shape index (κ2) is 8.02. The highest BCUT2D eigenvalue weighted by molar-refractivity contribution is 5.80. The lowest BCUT2D eigenvalue weighted by atomic mass is 9.99. The zero-order chi connectivity index (χ0) is 22.0. The first-order valence-electron chi connectivity index (χ1n) is 9.25. The lowest BCUT2D eigenvalue weighted by Crippen LogP contribution is -2.16. The van der Waals surface area contributed by atoms with E-state index in [4.69, 9.17) is 0 Å². The van der Waals surface area contributed by atoms with Crippen molar-refractivity contribution >= 4 is 0 Å². The Labute approximate surface area is 175 Å². The summed E-state index contributed by atoms with van der Waals surface area (Å²) in [5, 5.41) is 20.5. The smallest absolute Gasteiger partial charge is 0.507 e. The molecule has 0 saturated heterocycles. The molecule has 0 atom stereocenters. The van der Waals surface area contributed by atoms with E-state index in [0.717, 1.165) is 0 Å². The van der Waals surface area contributed by atoms with Crippen LogP contribution in [-0.2, 0) is 0 Å². The van der Waals surface area contributed by atoms with Crippen molar-refractivity contribution in [1.29, 1.82) is 0 Å². The topological polar surface area (TPSA) is 62.6 Å². The summed E-state index contributed by atoms with van der Waals surface area (Å²) >= 11 is 0. The lowest BCUT2D eigenvalue weighted by molar-refractivity contribution is -0.274. The molecule has 3 aromatic carbocycles. The Bertz CT molecular complexity index is 1160. The molecule has 4 aromatic rings. The highest BCUT2D eigenvalue weighted by Crippen LogP contribution is 2.36. The number of hydrogen-bond donors (Lipinski definition) is 2. The molecule has 1 heterocycles. The summed E-state index contributed by atoms with van der Waals surface area (Å²) in [6.07, 6.45) is -4.77. The number of pyridine rings is 1. The summed E-state index contributed by atoms with van der Waals surface area (Å²) in [5.74, 6) is -0.263. The van der Waals surface area contributed by atoms with Crippen LogP contribution in [0.3, 0.4) is 0 Å². The molecule has 0 saturated carbocycles. The van der Waals surface area contributed by atoms with E-state index in [1.807, 2.05) is 0 Å². The number of aromatic hydroxyl groups is 2. The number of halogens is 3. The Kier molecular flexibility index (Phi) is 5.25. The number of hydrogen-bond acceptors (Lipinski definition) is 4. The van der Waals surface area contributed by atoms with Gasteiger partial charge in [0.05, 0.1) is 11.4 Å². The van der Waals surface area contributed by atoms with Gasteiger partial charge in [0.1, 0.15) is 17.2 Å². The monoisotopic (exact) mass is 423 g/mol. The van der Waals surface area contributed by atoms with E-state index >= 15 is 0 Å². The highest BCUT2D eigenvalue weighted by Gasteiger charge is 2.31. The first-order chi connectivity index (χ1) is 14.8. The van der Waals surface area contributed by atoms with Gasteiger partial charge in [-0.15, -0.1) is 13.2 Å². The van der Waals surface area contributed by atoms with Gasteiger partial charge in [0.25, 0.3) is 0 Å². The molecule has 4 nitrogen and oxygen atoms in total. The second-order valence-electron chi connectivity index (χ2n) is 6.73. The third-order valence-electron chi connectivity index (χ3n) is 4.61. The van der Waals surface area contributed by atoms with Crippen molar-refractivity contribution in [3.05, 3.63) is 84.9 Å². The van der Waals surface area contributed by atoms with Crippen LogP contribution in [-0.4, -0.2) is 21.6 Å². The van der Waals surface area contributed by atoms with Crippen LogP contribution in [0.15, 0.2) is 84.9 Å². The minimum Gasteiger partial charge on any atom is -0.507 e. The summed E-state index contributed by atoms with van der Waals surface area (Å²) in [6.45, 7) is 0. The van der Waals surface area contributed by atoms with Crippen LogP contribution < -0.4 is 4.74 Å². The van der Waals surface area contributed by atoms with Crippen LogP contribution in [0.5, 0.6) is 17.2 Å². The summed E-state index contributed by atoms with van der Waals surface area (Å²) in [4.78, 5) is 4.59. The molecule has 0 bridgehead atoms. The molecule has 0 aliphatic carbocycles. The van der Waals surface area contributed by atoms with Gasteiger partial charge < -0.3 is 14.9 Å². The van der Waals surface area contributed by atoms with Crippen LogP contribution in [0.25, 0.3) is 33.6 Å². The highest BCUT2D eigenvalue weighted by atomic mass is 19.4. The fraction of sp³-hybridized carbons (Fsp3) is 0.0417. The zero-order valence-electron chi connectivity index (χ0n) is 16.0. The van der Waals surface area contributed by atoms with Crippen molar-refractivity contribution in [2.24, 2.45) is 0 Å². The lowest BCUT2D eigenvalue weighted by Gasteiger charge is -2.13. The third kappa shape index (κ3) is 4.61. The zero-order valence-corrected chi connectivity index (χ0v) is 16.0. The maximum absolute atomic E-state index is 12.4. The second-order valence-corrected chi connectivity index (χ2v) is 6.73. The van der Waals surface area contributed by atoms with Gasteiger partial charge >= 0.3 is 6.36 Å². The van der Waals surface area contributed by atoms with Crippen LogP contribution in [0.1, 0.15) is 0 Å². The van der Waals surface area contributed by atoms with Crippen molar-refractivity contribution in [2.75, 3.05) is 0 Å². The molecular weight excluding hydrogens is 407 g/mol. The number of para-hydroxylation sites is 2. The molecule has 0 spiro atoms. The molecule has 0 aliphatic heterocycles. The fourth-order valence-corrected chi connectivity index (χ4v) is 3.20. The standard InChI is InChI=1S/C24H16F3NO3/c25-24(26,27)31-17-11-9-15(10-12-17)16-13-20(18-5-1-3-7-22(18)29)28-21(14-16)19-6-2-4-8-23(19)30/h1-14,29-30H. The Morgan fingerprint density at radius 2 is 1.13 bits per heavy atom. The maximum atomic E-state index is 12.4. The van der Waals surface area contributed by atoms with Gasteiger partial charge in [-0.25, -0.2) is 4.98 Å². The molecule has 156 valence electrons. The molecule has 2 N–H and O–H groups in total. The normalized spacial score (nSPS) is 11.3. The fourth-order valence-electron chi connectivity index (χ4n) is 3.20. The predicted octanol–water partition coefficient (Wildman–Crippen LogP) is 6.39. The average molecular weight is 423 g/mol. The Hall–Kier alpha value is -4.00. The van der Waals surface area contributed by atoms with Gasteiger partial charge in [-0.3, -0.25) is 0 Å². The average Bonchev–Trinajstić information content (AvgIpc) is 2.73. The molecule has 0 radical (unpaired) electrons. The number of phenols is 2. The van der Waals surface area contributed by atoms with E-state index < -0.39 is 6.36 Å². The van der Waals surface area contributed by atoms with Crippen molar-refractivity contribution in [3.8, 4) is 50.9 Å². The summed E-state index contributed by atoms with van der Waals surface area (Å²) in [6, 6.07) is 22.3. The van der Waals surface area contributed by atoms with Gasteiger partial charge in [-0.05, 0) is 59.7 Å². The SMILES string of the molecule is Oc1ccccc1-c1cc(-c2ccc(OC(F)(F)F)cc2)cc(-c2ccccc2O)n1. The number of rotatable bonds is 4. The molecule has 0 fully saturated rings. The van der Waals surface area contributed by atoms with E-state index in [1.54, 1.807) is 48.5 Å². The molecule has 0 amide bonds. The van der Waals surface area contributed by atoms with Gasteiger partial charge in [0, 0.05) is 11.1 Å². The first-order valence-corrected chi connectivity index (χ1v) is 9.25. The summed E-state index contributed by atoms with van der Waals surface area (Å²) < 4.78 is 41.3. The van der Waals surface area contributed by atoms with E-state index in [9.17, 15) is 23.4 Å². The minimum absolute atomic E-state index is 0.0318. The van der Waals surface area contributed by atoms with Crippen LogP contribution in [0, 0.1) is 0 Å². The number of ether oxygens (including phenoxy) is 1. The summed E-state index contributed by atoms with van der Waals surface area (Å²) in [5.41, 5.74) is 3.13. The van der Waals surface area contributed by atoms with Crippen LogP contribution >= 0.6 is 0 Å². The predicted molar refractivity (Wildman–Crippen MR) is 111 cm³/mol. The van der Waals surface area contributed by atoms with Gasteiger partial charge in [-0.1, -0.05) is 36.4 Å². The quantitative estimate of drug-likeness (QED) is 0.399. The molecule has 1 aromatic heterocycles. The van der Waals surface area contributed by atoms with Gasteiger partial charge in [0.2, 0.25) is 0 Å². The van der Waals surface area contributed by atoms with Crippen molar-refractivity contribution in [3.63, 3.8) is 0 Å². The molecule has 0 unspecified atom stereocenters. The van der Waals surface area contributed by atoms with Crippen molar-refractivity contribution < 1.29 is 28.1 Å². The number of alkyl halides is 3.